The zero-order chi connectivity index (χ0) is 24.1. The van der Waals surface area contributed by atoms with E-state index >= 15 is 0 Å². The molecule has 6 heteroatoms. The Morgan fingerprint density at radius 3 is 2.32 bits per heavy atom. The number of benzene rings is 3. The molecule has 0 unspecified atom stereocenters. The fourth-order valence-corrected chi connectivity index (χ4v) is 4.17. The van der Waals surface area contributed by atoms with E-state index in [1.54, 1.807) is 14.2 Å². The summed E-state index contributed by atoms with van der Waals surface area (Å²) in [6, 6.07) is 24.0. The molecule has 34 heavy (non-hydrogen) atoms. The number of ether oxygens (including phenoxy) is 2. The van der Waals surface area contributed by atoms with Gasteiger partial charge in [0.2, 0.25) is 5.91 Å². The van der Waals surface area contributed by atoms with Gasteiger partial charge in [0.05, 0.1) is 25.3 Å². The maximum atomic E-state index is 13.5. The summed E-state index contributed by atoms with van der Waals surface area (Å²) >= 11 is 0. The van der Waals surface area contributed by atoms with Crippen LogP contribution in [-0.2, 0) is 24.3 Å². The van der Waals surface area contributed by atoms with Crippen LogP contribution < -0.4 is 9.47 Å². The van der Waals surface area contributed by atoms with Crippen LogP contribution in [0.15, 0.2) is 72.8 Å². The number of nitrogens with zero attached hydrogens (tertiary/aromatic N) is 3. The fourth-order valence-electron chi connectivity index (χ4n) is 4.17. The molecule has 1 amide bonds. The van der Waals surface area contributed by atoms with Crippen LogP contribution in [0.5, 0.6) is 11.5 Å². The van der Waals surface area contributed by atoms with Crippen LogP contribution in [0.2, 0.25) is 0 Å². The molecular formula is C28H31N3O3. The summed E-state index contributed by atoms with van der Waals surface area (Å²) in [4.78, 5) is 20.3. The zero-order valence-corrected chi connectivity index (χ0v) is 20.2. The van der Waals surface area contributed by atoms with Gasteiger partial charge in [-0.3, -0.25) is 4.79 Å². The Morgan fingerprint density at radius 1 is 0.912 bits per heavy atom. The number of methoxy groups -OCH3 is 2. The molecule has 4 aromatic rings. The van der Waals surface area contributed by atoms with Gasteiger partial charge in [-0.2, -0.15) is 0 Å². The lowest BCUT2D eigenvalue weighted by molar-refractivity contribution is -0.134. The zero-order valence-electron chi connectivity index (χ0n) is 20.2. The molecule has 0 aliphatic rings. The molecule has 0 bridgehead atoms. The van der Waals surface area contributed by atoms with Crippen LogP contribution in [0.3, 0.4) is 0 Å². The van der Waals surface area contributed by atoms with E-state index in [1.165, 1.54) is 0 Å². The average Bonchev–Trinajstić information content (AvgIpc) is 3.19. The Bertz CT molecular complexity index is 1260. The minimum Gasteiger partial charge on any atom is -0.493 e. The van der Waals surface area contributed by atoms with Gasteiger partial charge in [0.1, 0.15) is 12.4 Å². The molecule has 4 rings (SSSR count). The molecule has 0 saturated carbocycles. The van der Waals surface area contributed by atoms with Crippen LogP contribution in [-0.4, -0.2) is 40.6 Å². The minimum atomic E-state index is 0.0653. The lowest BCUT2D eigenvalue weighted by Gasteiger charge is -2.27. The molecule has 176 valence electrons. The molecule has 0 spiro atoms. The van der Waals surface area contributed by atoms with E-state index in [0.29, 0.717) is 24.5 Å². The number of aromatic nitrogens is 2. The molecular weight excluding hydrogens is 426 g/mol. The Morgan fingerprint density at radius 2 is 1.62 bits per heavy atom. The third-order valence-electron chi connectivity index (χ3n) is 5.98. The van der Waals surface area contributed by atoms with Crippen LogP contribution in [0.4, 0.5) is 0 Å². The summed E-state index contributed by atoms with van der Waals surface area (Å²) < 4.78 is 12.9. The Labute approximate surface area is 200 Å². The van der Waals surface area contributed by atoms with E-state index in [9.17, 15) is 4.79 Å². The fraction of sp³-hybridized carbons (Fsp3) is 0.286. The van der Waals surface area contributed by atoms with E-state index in [1.807, 2.05) is 70.1 Å². The standard InChI is InChI=1S/C28H31N3O3/c1-20(2)30(18-21-10-6-5-7-11-21)28(32)19-31-24-13-9-8-12-23(24)29-27(31)17-22-14-15-25(33-3)26(16-22)34-4/h5-16,20H,17-19H2,1-4H3. The molecule has 6 nitrogen and oxygen atoms in total. The summed E-state index contributed by atoms with van der Waals surface area (Å²) in [6.07, 6.45) is 0.572. The predicted molar refractivity (Wildman–Crippen MR) is 134 cm³/mol. The largest absolute Gasteiger partial charge is 0.493 e. The number of rotatable bonds is 9. The van der Waals surface area contributed by atoms with Gasteiger partial charge in [-0.05, 0) is 49.2 Å². The Kier molecular flexibility index (Phi) is 7.16. The number of fused-ring (bicyclic) bond motifs is 1. The highest BCUT2D eigenvalue weighted by Crippen LogP contribution is 2.29. The van der Waals surface area contributed by atoms with Crippen molar-refractivity contribution in [2.24, 2.45) is 0 Å². The maximum absolute atomic E-state index is 13.5. The molecule has 0 atom stereocenters. The van der Waals surface area contributed by atoms with Crippen molar-refractivity contribution in [2.75, 3.05) is 14.2 Å². The summed E-state index contributed by atoms with van der Waals surface area (Å²) in [5.41, 5.74) is 3.98. The highest BCUT2D eigenvalue weighted by Gasteiger charge is 2.21. The van der Waals surface area contributed by atoms with Gasteiger partial charge in [0.15, 0.2) is 11.5 Å². The third kappa shape index (κ3) is 5.06. The first-order chi connectivity index (χ1) is 16.5. The SMILES string of the molecule is COc1ccc(Cc2nc3ccccc3n2CC(=O)N(Cc2ccccc2)C(C)C)cc1OC. The number of imidazole rings is 1. The molecule has 1 heterocycles. The number of carbonyl (C=O) groups is 1. The van der Waals surface area contributed by atoms with Crippen molar-refractivity contribution in [3.8, 4) is 11.5 Å². The van der Waals surface area contributed by atoms with Gasteiger partial charge < -0.3 is 18.9 Å². The van der Waals surface area contributed by atoms with Crippen molar-refractivity contribution in [1.82, 2.24) is 14.5 Å². The highest BCUT2D eigenvalue weighted by atomic mass is 16.5. The molecule has 1 aromatic heterocycles. The topological polar surface area (TPSA) is 56.6 Å². The first-order valence-corrected chi connectivity index (χ1v) is 11.5. The normalized spacial score (nSPS) is 11.1. The molecule has 0 aliphatic heterocycles. The molecule has 3 aromatic carbocycles. The summed E-state index contributed by atoms with van der Waals surface area (Å²) in [5.74, 6) is 2.26. The molecule has 0 aliphatic carbocycles. The first kappa shape index (κ1) is 23.4. The van der Waals surface area contributed by atoms with Gasteiger partial charge in [-0.1, -0.05) is 48.5 Å². The summed E-state index contributed by atoms with van der Waals surface area (Å²) in [5, 5.41) is 0. The van der Waals surface area contributed by atoms with Crippen molar-refractivity contribution in [1.29, 1.82) is 0 Å². The van der Waals surface area contributed by atoms with Gasteiger partial charge in [0.25, 0.3) is 0 Å². The number of hydrogen-bond donors (Lipinski definition) is 0. The molecule has 0 saturated heterocycles. The Hall–Kier alpha value is -3.80. The van der Waals surface area contributed by atoms with Gasteiger partial charge in [-0.25, -0.2) is 4.98 Å². The van der Waals surface area contributed by atoms with Gasteiger partial charge in [-0.15, -0.1) is 0 Å². The minimum absolute atomic E-state index is 0.0653. The summed E-state index contributed by atoms with van der Waals surface area (Å²) in [6.45, 7) is 4.91. The van der Waals surface area contributed by atoms with Crippen LogP contribution >= 0.6 is 0 Å². The second-order valence-electron chi connectivity index (χ2n) is 8.57. The molecule has 0 radical (unpaired) electrons. The Balaban J connectivity index is 1.65. The number of para-hydroxylation sites is 2. The lowest BCUT2D eigenvalue weighted by atomic mass is 10.1. The monoisotopic (exact) mass is 457 g/mol. The van der Waals surface area contributed by atoms with Gasteiger partial charge in [0, 0.05) is 19.0 Å². The van der Waals surface area contributed by atoms with Crippen molar-refractivity contribution in [3.05, 3.63) is 89.7 Å². The van der Waals surface area contributed by atoms with Crippen LogP contribution in [0, 0.1) is 0 Å². The van der Waals surface area contributed by atoms with Crippen LogP contribution in [0.25, 0.3) is 11.0 Å². The maximum Gasteiger partial charge on any atom is 0.243 e. The summed E-state index contributed by atoms with van der Waals surface area (Å²) in [7, 11) is 3.25. The lowest BCUT2D eigenvalue weighted by Crippen LogP contribution is -2.38. The van der Waals surface area contributed by atoms with E-state index in [-0.39, 0.29) is 18.5 Å². The third-order valence-corrected chi connectivity index (χ3v) is 5.98. The van der Waals surface area contributed by atoms with E-state index in [0.717, 1.165) is 28.0 Å². The quantitative estimate of drug-likeness (QED) is 0.352. The number of carbonyl (C=O) groups excluding carboxylic acids is 1. The van der Waals surface area contributed by atoms with Crippen molar-refractivity contribution < 1.29 is 14.3 Å². The van der Waals surface area contributed by atoms with Gasteiger partial charge >= 0.3 is 0 Å². The van der Waals surface area contributed by atoms with E-state index in [2.05, 4.69) is 26.0 Å². The van der Waals surface area contributed by atoms with E-state index < -0.39 is 0 Å². The average molecular weight is 458 g/mol. The highest BCUT2D eigenvalue weighted by molar-refractivity contribution is 5.81. The number of hydrogen-bond acceptors (Lipinski definition) is 4. The molecule has 0 fully saturated rings. The van der Waals surface area contributed by atoms with Crippen LogP contribution in [0.1, 0.15) is 30.8 Å². The smallest absolute Gasteiger partial charge is 0.243 e. The predicted octanol–water partition coefficient (Wildman–Crippen LogP) is 5.08. The van der Waals surface area contributed by atoms with E-state index in [4.69, 9.17) is 14.5 Å². The first-order valence-electron chi connectivity index (χ1n) is 11.5. The molecule has 0 N–H and O–H groups in total. The second kappa shape index (κ2) is 10.4. The van der Waals surface area contributed by atoms with Crippen molar-refractivity contribution in [2.45, 2.75) is 39.4 Å². The van der Waals surface area contributed by atoms with Crippen molar-refractivity contribution in [3.63, 3.8) is 0 Å². The second-order valence-corrected chi connectivity index (χ2v) is 8.57. The van der Waals surface area contributed by atoms with Crippen molar-refractivity contribution >= 4 is 16.9 Å². The number of amides is 1.